The Balaban J connectivity index is 2.88. The van der Waals surface area contributed by atoms with Crippen LogP contribution in [-0.2, 0) is 11.2 Å². The topological polar surface area (TPSA) is 47.3 Å². The number of rotatable bonds is 5. The van der Waals surface area contributed by atoms with Crippen molar-refractivity contribution in [3.63, 3.8) is 0 Å². The molecule has 0 aliphatic carbocycles. The lowest BCUT2D eigenvalue weighted by atomic mass is 9.92. The average Bonchev–Trinajstić information content (AvgIpc) is 2.27. The van der Waals surface area contributed by atoms with Gasteiger partial charge in [0.25, 0.3) is 0 Å². The first-order valence-corrected chi connectivity index (χ1v) is 6.05. The molecule has 3 nitrogen and oxygen atoms in total. The summed E-state index contributed by atoms with van der Waals surface area (Å²) in [7, 11) is 1.68. The van der Waals surface area contributed by atoms with Crippen LogP contribution in [0.15, 0.2) is 18.2 Å². The molecule has 17 heavy (non-hydrogen) atoms. The van der Waals surface area contributed by atoms with Gasteiger partial charge in [-0.15, -0.1) is 0 Å². The fraction of sp³-hybridized carbons (Fsp3) is 0.538. The van der Waals surface area contributed by atoms with Gasteiger partial charge in [0, 0.05) is 12.1 Å². The van der Waals surface area contributed by atoms with Crippen LogP contribution in [0.3, 0.4) is 0 Å². The van der Waals surface area contributed by atoms with E-state index in [4.69, 9.17) is 22.2 Å². The number of benzene rings is 1. The molecule has 1 aromatic carbocycles. The average molecular weight is 257 g/mol. The SMILES string of the molecule is COC(C)(C)C(Cc1ccc(C)cc1Cl)NN. The lowest BCUT2D eigenvalue weighted by molar-refractivity contribution is -0.0101. The van der Waals surface area contributed by atoms with Crippen LogP contribution in [0.2, 0.25) is 5.02 Å². The minimum Gasteiger partial charge on any atom is -0.377 e. The summed E-state index contributed by atoms with van der Waals surface area (Å²) in [4.78, 5) is 0. The number of nitrogens with two attached hydrogens (primary N) is 1. The van der Waals surface area contributed by atoms with Crippen LogP contribution < -0.4 is 11.3 Å². The molecule has 0 saturated carbocycles. The maximum absolute atomic E-state index is 6.21. The smallest absolute Gasteiger partial charge is 0.0791 e. The summed E-state index contributed by atoms with van der Waals surface area (Å²) in [5.74, 6) is 5.59. The standard InChI is InChI=1S/C13H21ClN2O/c1-9-5-6-10(11(14)7-9)8-12(16-15)13(2,3)17-4/h5-7,12,16H,8,15H2,1-4H3. The van der Waals surface area contributed by atoms with Crippen LogP contribution in [0.5, 0.6) is 0 Å². The molecule has 96 valence electrons. The third-order valence-corrected chi connectivity index (χ3v) is 3.55. The van der Waals surface area contributed by atoms with Crippen molar-refractivity contribution in [3.05, 3.63) is 34.3 Å². The van der Waals surface area contributed by atoms with E-state index in [0.717, 1.165) is 22.6 Å². The van der Waals surface area contributed by atoms with E-state index in [9.17, 15) is 0 Å². The van der Waals surface area contributed by atoms with Gasteiger partial charge in [0.1, 0.15) is 0 Å². The number of aryl methyl sites for hydroxylation is 1. The zero-order valence-electron chi connectivity index (χ0n) is 10.9. The molecule has 1 unspecified atom stereocenters. The second-order valence-corrected chi connectivity index (χ2v) is 5.23. The third-order valence-electron chi connectivity index (χ3n) is 3.20. The number of methoxy groups -OCH3 is 1. The molecule has 0 aliphatic rings. The lowest BCUT2D eigenvalue weighted by Gasteiger charge is -2.32. The molecule has 0 heterocycles. The van der Waals surface area contributed by atoms with Gasteiger partial charge in [-0.05, 0) is 44.4 Å². The zero-order chi connectivity index (χ0) is 13.1. The molecule has 4 heteroatoms. The van der Waals surface area contributed by atoms with E-state index in [2.05, 4.69) is 11.5 Å². The fourth-order valence-corrected chi connectivity index (χ4v) is 2.00. The number of ether oxygens (including phenoxy) is 1. The Morgan fingerprint density at radius 1 is 1.47 bits per heavy atom. The zero-order valence-corrected chi connectivity index (χ0v) is 11.6. The second-order valence-electron chi connectivity index (χ2n) is 4.83. The van der Waals surface area contributed by atoms with Gasteiger partial charge in [-0.2, -0.15) is 0 Å². The van der Waals surface area contributed by atoms with Crippen LogP contribution in [-0.4, -0.2) is 18.8 Å². The minimum absolute atomic E-state index is 0.00714. The molecule has 1 rings (SSSR count). The van der Waals surface area contributed by atoms with E-state index in [-0.39, 0.29) is 11.6 Å². The summed E-state index contributed by atoms with van der Waals surface area (Å²) in [6.07, 6.45) is 0.733. The number of hydrazine groups is 1. The van der Waals surface area contributed by atoms with Gasteiger partial charge in [0.2, 0.25) is 0 Å². The Bertz CT molecular complexity index is 380. The molecule has 3 N–H and O–H groups in total. The van der Waals surface area contributed by atoms with Gasteiger partial charge < -0.3 is 4.74 Å². The van der Waals surface area contributed by atoms with Crippen LogP contribution >= 0.6 is 11.6 Å². The van der Waals surface area contributed by atoms with E-state index in [1.807, 2.05) is 32.9 Å². The van der Waals surface area contributed by atoms with Crippen molar-refractivity contribution in [2.45, 2.75) is 38.8 Å². The van der Waals surface area contributed by atoms with Crippen LogP contribution in [0.1, 0.15) is 25.0 Å². The van der Waals surface area contributed by atoms with Gasteiger partial charge >= 0.3 is 0 Å². The molecule has 1 atom stereocenters. The maximum atomic E-state index is 6.21. The molecule has 0 bridgehead atoms. The van der Waals surface area contributed by atoms with E-state index < -0.39 is 0 Å². The summed E-state index contributed by atoms with van der Waals surface area (Å²) in [5.41, 5.74) is 4.68. The highest BCUT2D eigenvalue weighted by Gasteiger charge is 2.28. The van der Waals surface area contributed by atoms with E-state index in [1.165, 1.54) is 0 Å². The molecule has 0 aliphatic heterocycles. The summed E-state index contributed by atoms with van der Waals surface area (Å²) >= 11 is 6.21. The minimum atomic E-state index is -0.344. The van der Waals surface area contributed by atoms with Crippen molar-refractivity contribution in [3.8, 4) is 0 Å². The number of halogens is 1. The number of hydrogen-bond donors (Lipinski definition) is 2. The van der Waals surface area contributed by atoms with Crippen molar-refractivity contribution in [2.24, 2.45) is 5.84 Å². The molecule has 0 radical (unpaired) electrons. The molecule has 0 amide bonds. The summed E-state index contributed by atoms with van der Waals surface area (Å²) in [5, 5.41) is 0.775. The van der Waals surface area contributed by atoms with E-state index in [1.54, 1.807) is 7.11 Å². The first kappa shape index (κ1) is 14.5. The molecular weight excluding hydrogens is 236 g/mol. The van der Waals surface area contributed by atoms with Gasteiger partial charge in [-0.25, -0.2) is 0 Å². The van der Waals surface area contributed by atoms with Gasteiger partial charge in [0.15, 0.2) is 0 Å². The molecule has 0 aromatic heterocycles. The number of hydrogen-bond acceptors (Lipinski definition) is 3. The molecule has 0 spiro atoms. The van der Waals surface area contributed by atoms with Crippen LogP contribution in [0, 0.1) is 6.92 Å². The van der Waals surface area contributed by atoms with Gasteiger partial charge in [-0.3, -0.25) is 11.3 Å². The Hall–Kier alpha value is -0.610. The molecule has 1 aromatic rings. The normalized spacial score (nSPS) is 13.8. The largest absolute Gasteiger partial charge is 0.377 e. The highest BCUT2D eigenvalue weighted by molar-refractivity contribution is 6.31. The van der Waals surface area contributed by atoms with Crippen molar-refractivity contribution in [1.29, 1.82) is 0 Å². The Labute approximate surface area is 108 Å². The Morgan fingerprint density at radius 2 is 2.12 bits per heavy atom. The predicted molar refractivity (Wildman–Crippen MR) is 72.1 cm³/mol. The van der Waals surface area contributed by atoms with Crippen molar-refractivity contribution < 1.29 is 4.74 Å². The van der Waals surface area contributed by atoms with E-state index in [0.29, 0.717) is 0 Å². The molecular formula is C13H21ClN2O. The van der Waals surface area contributed by atoms with Gasteiger partial charge in [-0.1, -0.05) is 23.7 Å². The monoisotopic (exact) mass is 256 g/mol. The maximum Gasteiger partial charge on any atom is 0.0791 e. The number of nitrogens with one attached hydrogen (secondary N) is 1. The highest BCUT2D eigenvalue weighted by atomic mass is 35.5. The first-order chi connectivity index (χ1) is 7.90. The van der Waals surface area contributed by atoms with E-state index >= 15 is 0 Å². The van der Waals surface area contributed by atoms with Crippen LogP contribution in [0.4, 0.5) is 0 Å². The van der Waals surface area contributed by atoms with Crippen molar-refractivity contribution in [1.82, 2.24) is 5.43 Å². The fourth-order valence-electron chi connectivity index (χ4n) is 1.69. The third kappa shape index (κ3) is 3.68. The molecule has 0 saturated heterocycles. The summed E-state index contributed by atoms with van der Waals surface area (Å²) < 4.78 is 5.44. The highest BCUT2D eigenvalue weighted by Crippen LogP contribution is 2.23. The summed E-state index contributed by atoms with van der Waals surface area (Å²) in [6, 6.07) is 6.06. The van der Waals surface area contributed by atoms with Crippen molar-refractivity contribution in [2.75, 3.05) is 7.11 Å². The van der Waals surface area contributed by atoms with Crippen molar-refractivity contribution >= 4 is 11.6 Å². The Morgan fingerprint density at radius 3 is 2.59 bits per heavy atom. The second kappa shape index (κ2) is 5.83. The molecule has 0 fully saturated rings. The van der Waals surface area contributed by atoms with Gasteiger partial charge in [0.05, 0.1) is 11.6 Å². The summed E-state index contributed by atoms with van der Waals surface area (Å²) in [6.45, 7) is 6.02. The first-order valence-electron chi connectivity index (χ1n) is 5.67. The lowest BCUT2D eigenvalue weighted by Crippen LogP contribution is -2.52. The van der Waals surface area contributed by atoms with Crippen LogP contribution in [0.25, 0.3) is 0 Å². The predicted octanol–water partition coefficient (Wildman–Crippen LogP) is 2.45. The Kier molecular flexibility index (Phi) is 4.95. The quantitative estimate of drug-likeness (QED) is 0.628.